The minimum atomic E-state index is -0.134. The van der Waals surface area contributed by atoms with Crippen LogP contribution in [0.15, 0.2) is 33.7 Å². The summed E-state index contributed by atoms with van der Waals surface area (Å²) in [5.74, 6) is 1.98. The number of nitrogens with zero attached hydrogens (tertiary/aromatic N) is 2. The van der Waals surface area contributed by atoms with Gasteiger partial charge in [0.15, 0.2) is 5.96 Å². The molecule has 2 N–H and O–H groups in total. The van der Waals surface area contributed by atoms with Crippen LogP contribution in [-0.4, -0.2) is 24.5 Å². The van der Waals surface area contributed by atoms with E-state index in [4.69, 9.17) is 4.42 Å². The summed E-state index contributed by atoms with van der Waals surface area (Å²) >= 11 is 0. The Morgan fingerprint density at radius 2 is 2.04 bits per heavy atom. The van der Waals surface area contributed by atoms with Crippen LogP contribution in [0.25, 0.3) is 0 Å². The summed E-state index contributed by atoms with van der Waals surface area (Å²) in [7, 11) is 1.71. The maximum atomic E-state index is 14.0. The van der Waals surface area contributed by atoms with Gasteiger partial charge in [-0.1, -0.05) is 18.2 Å². The van der Waals surface area contributed by atoms with E-state index in [0.29, 0.717) is 24.9 Å². The van der Waals surface area contributed by atoms with E-state index in [1.54, 1.807) is 13.1 Å². The summed E-state index contributed by atoms with van der Waals surface area (Å²) in [5.41, 5.74) is 1.55. The fourth-order valence-electron chi connectivity index (χ4n) is 2.83. The number of rotatable bonds is 5. The Labute approximate surface area is 141 Å². The van der Waals surface area contributed by atoms with Gasteiger partial charge in [0.05, 0.1) is 12.2 Å². The molecule has 128 valence electrons. The van der Waals surface area contributed by atoms with Crippen LogP contribution >= 0.6 is 0 Å². The lowest BCUT2D eigenvalue weighted by Gasteiger charge is -2.19. The highest BCUT2D eigenvalue weighted by Crippen LogP contribution is 2.48. The molecule has 0 atom stereocenters. The molecule has 1 aromatic carbocycles. The Kier molecular flexibility index (Phi) is 4.55. The van der Waals surface area contributed by atoms with Gasteiger partial charge >= 0.3 is 0 Å². The zero-order valence-corrected chi connectivity index (χ0v) is 14.3. The van der Waals surface area contributed by atoms with Crippen LogP contribution in [-0.2, 0) is 12.0 Å². The van der Waals surface area contributed by atoms with Crippen molar-refractivity contribution in [1.29, 1.82) is 0 Å². The largest absolute Gasteiger partial charge is 0.444 e. The molecule has 0 radical (unpaired) electrons. The van der Waals surface area contributed by atoms with Crippen molar-refractivity contribution in [3.8, 4) is 0 Å². The third-order valence-electron chi connectivity index (χ3n) is 4.60. The smallest absolute Gasteiger partial charge is 0.214 e. The quantitative estimate of drug-likeness (QED) is 0.654. The van der Waals surface area contributed by atoms with Gasteiger partial charge in [-0.05, 0) is 38.3 Å². The Morgan fingerprint density at radius 1 is 1.29 bits per heavy atom. The Morgan fingerprint density at radius 3 is 2.62 bits per heavy atom. The molecule has 0 spiro atoms. The lowest BCUT2D eigenvalue weighted by atomic mass is 9.95. The topological polar surface area (TPSA) is 62.5 Å². The molecule has 0 amide bonds. The van der Waals surface area contributed by atoms with E-state index in [0.717, 1.165) is 29.9 Å². The second-order valence-electron chi connectivity index (χ2n) is 6.29. The van der Waals surface area contributed by atoms with E-state index in [-0.39, 0.29) is 11.2 Å². The van der Waals surface area contributed by atoms with Gasteiger partial charge in [0.2, 0.25) is 5.89 Å². The van der Waals surface area contributed by atoms with Crippen LogP contribution in [0.1, 0.15) is 35.7 Å². The molecule has 0 saturated heterocycles. The van der Waals surface area contributed by atoms with Gasteiger partial charge in [0.25, 0.3) is 0 Å². The lowest BCUT2D eigenvalue weighted by molar-refractivity contribution is 0.463. The maximum Gasteiger partial charge on any atom is 0.214 e. The zero-order valence-electron chi connectivity index (χ0n) is 14.3. The van der Waals surface area contributed by atoms with Crippen molar-refractivity contribution in [2.75, 3.05) is 13.6 Å². The molecule has 0 bridgehead atoms. The summed E-state index contributed by atoms with van der Waals surface area (Å²) in [5, 5.41) is 6.47. The first kappa shape index (κ1) is 16.5. The standard InChI is InChI=1S/C18H23FN4O/c1-12-13(2)24-16(23-12)10-21-17(20-3)22-11-18(8-9-18)14-6-4-5-7-15(14)19/h4-7H,8-11H2,1-3H3,(H2,20,21,22). The van der Waals surface area contributed by atoms with Crippen LogP contribution in [0.2, 0.25) is 0 Å². The highest BCUT2D eigenvalue weighted by molar-refractivity contribution is 5.79. The Hall–Kier alpha value is -2.37. The molecule has 1 aromatic heterocycles. The maximum absolute atomic E-state index is 14.0. The predicted octanol–water partition coefficient (Wildman–Crippen LogP) is 2.83. The summed E-state index contributed by atoms with van der Waals surface area (Å²) in [4.78, 5) is 8.55. The molecule has 3 rings (SSSR count). The molecular weight excluding hydrogens is 307 g/mol. The van der Waals surface area contributed by atoms with Crippen molar-refractivity contribution in [3.63, 3.8) is 0 Å². The number of halogens is 1. The summed E-state index contributed by atoms with van der Waals surface area (Å²) in [6, 6.07) is 7.01. The van der Waals surface area contributed by atoms with Gasteiger partial charge in [-0.2, -0.15) is 0 Å². The molecule has 24 heavy (non-hydrogen) atoms. The van der Waals surface area contributed by atoms with Gasteiger partial charge < -0.3 is 15.1 Å². The molecule has 0 unspecified atom stereocenters. The van der Waals surface area contributed by atoms with Crippen molar-refractivity contribution in [2.45, 2.75) is 38.6 Å². The third-order valence-corrected chi connectivity index (χ3v) is 4.60. The van der Waals surface area contributed by atoms with Crippen LogP contribution < -0.4 is 10.6 Å². The second kappa shape index (κ2) is 6.63. The third kappa shape index (κ3) is 3.42. The van der Waals surface area contributed by atoms with E-state index in [2.05, 4.69) is 20.6 Å². The number of hydrogen-bond donors (Lipinski definition) is 2. The monoisotopic (exact) mass is 330 g/mol. The van der Waals surface area contributed by atoms with Gasteiger partial charge in [0, 0.05) is 19.0 Å². The second-order valence-corrected chi connectivity index (χ2v) is 6.29. The molecule has 2 aromatic rings. The van der Waals surface area contributed by atoms with Crippen LogP contribution in [0.4, 0.5) is 4.39 Å². The first-order valence-electron chi connectivity index (χ1n) is 8.16. The number of oxazole rings is 1. The van der Waals surface area contributed by atoms with Crippen LogP contribution in [0, 0.1) is 19.7 Å². The Balaban J connectivity index is 1.57. The number of benzene rings is 1. The van der Waals surface area contributed by atoms with Crippen molar-refractivity contribution in [3.05, 3.63) is 53.0 Å². The van der Waals surface area contributed by atoms with Gasteiger partial charge in [0.1, 0.15) is 11.6 Å². The number of aryl methyl sites for hydroxylation is 2. The molecule has 5 nitrogen and oxygen atoms in total. The fraction of sp³-hybridized carbons (Fsp3) is 0.444. The number of aromatic nitrogens is 1. The van der Waals surface area contributed by atoms with E-state index in [1.807, 2.05) is 26.0 Å². The van der Waals surface area contributed by atoms with E-state index in [1.165, 1.54) is 6.07 Å². The first-order chi connectivity index (χ1) is 11.5. The van der Waals surface area contributed by atoms with Gasteiger partial charge in [-0.25, -0.2) is 9.37 Å². The number of aliphatic imine (C=N–C) groups is 1. The molecule has 1 heterocycles. The lowest BCUT2D eigenvalue weighted by Crippen LogP contribution is -2.41. The Bertz CT molecular complexity index is 730. The highest BCUT2D eigenvalue weighted by Gasteiger charge is 2.45. The highest BCUT2D eigenvalue weighted by atomic mass is 19.1. The fourth-order valence-corrected chi connectivity index (χ4v) is 2.83. The van der Waals surface area contributed by atoms with Gasteiger partial charge in [-0.3, -0.25) is 4.99 Å². The van der Waals surface area contributed by atoms with E-state index < -0.39 is 0 Å². The van der Waals surface area contributed by atoms with Crippen molar-refractivity contribution < 1.29 is 8.81 Å². The SMILES string of the molecule is CN=C(NCc1nc(C)c(C)o1)NCC1(c2ccccc2F)CC1. The zero-order chi connectivity index (χ0) is 17.2. The minimum Gasteiger partial charge on any atom is -0.444 e. The normalized spacial score (nSPS) is 16.1. The molecule has 0 aliphatic heterocycles. The first-order valence-corrected chi connectivity index (χ1v) is 8.16. The van der Waals surface area contributed by atoms with Gasteiger partial charge in [-0.15, -0.1) is 0 Å². The summed E-state index contributed by atoms with van der Waals surface area (Å²) < 4.78 is 19.6. The summed E-state index contributed by atoms with van der Waals surface area (Å²) in [6.45, 7) is 4.92. The molecular formula is C18H23FN4O. The molecule has 6 heteroatoms. The van der Waals surface area contributed by atoms with E-state index in [9.17, 15) is 4.39 Å². The van der Waals surface area contributed by atoms with Crippen LogP contribution in [0.5, 0.6) is 0 Å². The van der Waals surface area contributed by atoms with E-state index >= 15 is 0 Å². The molecule has 1 saturated carbocycles. The van der Waals surface area contributed by atoms with Crippen molar-refractivity contribution >= 4 is 5.96 Å². The van der Waals surface area contributed by atoms with Crippen molar-refractivity contribution in [1.82, 2.24) is 15.6 Å². The average molecular weight is 330 g/mol. The molecule has 1 fully saturated rings. The minimum absolute atomic E-state index is 0.126. The number of guanidine groups is 1. The summed E-state index contributed by atoms with van der Waals surface area (Å²) in [6.07, 6.45) is 1.96. The average Bonchev–Trinajstić information content (AvgIpc) is 3.28. The molecule has 1 aliphatic rings. The van der Waals surface area contributed by atoms with Crippen LogP contribution in [0.3, 0.4) is 0 Å². The number of hydrogen-bond acceptors (Lipinski definition) is 3. The van der Waals surface area contributed by atoms with Crippen molar-refractivity contribution in [2.24, 2.45) is 4.99 Å². The predicted molar refractivity (Wildman–Crippen MR) is 91.5 cm³/mol. The molecule has 1 aliphatic carbocycles. The number of nitrogens with one attached hydrogen (secondary N) is 2.